The number of anilines is 1. The summed E-state index contributed by atoms with van der Waals surface area (Å²) in [5.74, 6) is 0.503. The fraction of sp³-hybridized carbons (Fsp3) is 0.600. The van der Waals surface area contributed by atoms with Crippen molar-refractivity contribution >= 4 is 18.1 Å². The molecule has 2 fully saturated rings. The molecule has 8 heteroatoms. The predicted molar refractivity (Wildman–Crippen MR) is 83.0 cm³/mol. The second-order valence-corrected chi connectivity index (χ2v) is 5.74. The minimum absolute atomic E-state index is 0.127. The minimum Gasteiger partial charge on any atom is -0.376 e. The van der Waals surface area contributed by atoms with Gasteiger partial charge in [-0.05, 0) is 12.8 Å². The summed E-state index contributed by atoms with van der Waals surface area (Å²) in [4.78, 5) is 34.8. The average molecular weight is 319 g/mol. The van der Waals surface area contributed by atoms with Crippen molar-refractivity contribution in [1.29, 1.82) is 0 Å². The Hall–Kier alpha value is -2.22. The highest BCUT2D eigenvalue weighted by Gasteiger charge is 2.22. The lowest BCUT2D eigenvalue weighted by Gasteiger charge is -2.32. The second-order valence-electron chi connectivity index (χ2n) is 5.74. The Bertz CT molecular complexity index is 554. The van der Waals surface area contributed by atoms with Crippen LogP contribution in [0.15, 0.2) is 12.4 Å². The molecule has 0 aliphatic carbocycles. The lowest BCUT2D eigenvalue weighted by Crippen LogP contribution is -2.48. The lowest BCUT2D eigenvalue weighted by atomic mass is 10.2. The summed E-state index contributed by atoms with van der Waals surface area (Å²) >= 11 is 0. The molecule has 3 rings (SSSR count). The van der Waals surface area contributed by atoms with Crippen LogP contribution >= 0.6 is 0 Å². The van der Waals surface area contributed by atoms with Gasteiger partial charge in [0.25, 0.3) is 5.91 Å². The first kappa shape index (κ1) is 15.7. The largest absolute Gasteiger partial charge is 0.376 e. The van der Waals surface area contributed by atoms with Crippen molar-refractivity contribution < 1.29 is 14.3 Å². The molecule has 1 N–H and O–H groups in total. The number of hydrogen-bond donors (Lipinski definition) is 1. The van der Waals surface area contributed by atoms with Crippen LogP contribution in [0.5, 0.6) is 0 Å². The van der Waals surface area contributed by atoms with Crippen LogP contribution in [-0.4, -0.2) is 77.5 Å². The molecule has 1 aromatic heterocycles. The maximum absolute atomic E-state index is 12.5. The molecule has 2 amide bonds. The summed E-state index contributed by atoms with van der Waals surface area (Å²) in [6.07, 6.45) is 4.56. The smallest absolute Gasteiger partial charge is 0.272 e. The van der Waals surface area contributed by atoms with E-state index in [0.717, 1.165) is 25.9 Å². The Morgan fingerprint density at radius 1 is 1.35 bits per heavy atom. The number of hydrogen-bond acceptors (Lipinski definition) is 6. The summed E-state index contributed by atoms with van der Waals surface area (Å²) in [6.45, 7) is 3.67. The van der Waals surface area contributed by atoms with Gasteiger partial charge in [0.1, 0.15) is 17.8 Å². The molecule has 1 unspecified atom stereocenters. The number of amides is 2. The summed E-state index contributed by atoms with van der Waals surface area (Å²) in [5.41, 5.74) is 0.370. The van der Waals surface area contributed by atoms with Crippen molar-refractivity contribution in [2.45, 2.75) is 18.9 Å². The van der Waals surface area contributed by atoms with E-state index in [1.165, 1.54) is 6.33 Å². The van der Waals surface area contributed by atoms with Crippen LogP contribution in [-0.2, 0) is 9.53 Å². The van der Waals surface area contributed by atoms with Gasteiger partial charge in [-0.2, -0.15) is 0 Å². The van der Waals surface area contributed by atoms with E-state index in [4.69, 9.17) is 4.74 Å². The summed E-state index contributed by atoms with van der Waals surface area (Å²) in [6, 6.07) is 1.67. The van der Waals surface area contributed by atoms with E-state index < -0.39 is 0 Å². The van der Waals surface area contributed by atoms with Crippen molar-refractivity contribution in [3.8, 4) is 0 Å². The Morgan fingerprint density at radius 2 is 2.17 bits per heavy atom. The van der Waals surface area contributed by atoms with E-state index >= 15 is 0 Å². The zero-order valence-electron chi connectivity index (χ0n) is 13.0. The summed E-state index contributed by atoms with van der Waals surface area (Å²) in [7, 11) is 0. The number of piperazine rings is 1. The Labute approximate surface area is 134 Å². The third-order valence-corrected chi connectivity index (χ3v) is 4.17. The molecule has 0 aromatic carbocycles. The monoisotopic (exact) mass is 319 g/mol. The molecule has 1 aromatic rings. The van der Waals surface area contributed by atoms with Crippen LogP contribution in [0.4, 0.5) is 5.82 Å². The number of rotatable bonds is 5. The Morgan fingerprint density at radius 3 is 2.87 bits per heavy atom. The van der Waals surface area contributed by atoms with Gasteiger partial charge in [-0.3, -0.25) is 9.59 Å². The standard InChI is InChI=1S/C15H21N5O3/c21-11-19-3-5-20(6-4-19)15(22)13-8-14(18-10-17-13)16-9-12-2-1-7-23-12/h8,10-12H,1-7,9H2,(H,16,17,18). The lowest BCUT2D eigenvalue weighted by molar-refractivity contribution is -0.119. The average Bonchev–Trinajstić information content (AvgIpc) is 3.13. The van der Waals surface area contributed by atoms with Crippen LogP contribution in [0, 0.1) is 0 Å². The first-order chi connectivity index (χ1) is 11.3. The van der Waals surface area contributed by atoms with E-state index in [0.29, 0.717) is 44.2 Å². The summed E-state index contributed by atoms with van der Waals surface area (Å²) in [5, 5.41) is 3.20. The van der Waals surface area contributed by atoms with Crippen molar-refractivity contribution in [1.82, 2.24) is 19.8 Å². The minimum atomic E-state index is -0.127. The number of nitrogens with one attached hydrogen (secondary N) is 1. The van der Waals surface area contributed by atoms with Crippen LogP contribution in [0.3, 0.4) is 0 Å². The SMILES string of the molecule is O=CN1CCN(C(=O)c2cc(NCC3CCCO3)ncn2)CC1. The molecule has 8 nitrogen and oxygen atoms in total. The number of carbonyl (C=O) groups is 2. The third kappa shape index (κ3) is 3.95. The van der Waals surface area contributed by atoms with Crippen LogP contribution in [0.2, 0.25) is 0 Å². The third-order valence-electron chi connectivity index (χ3n) is 4.17. The molecule has 3 heterocycles. The molecule has 23 heavy (non-hydrogen) atoms. The first-order valence-corrected chi connectivity index (χ1v) is 7.92. The van der Waals surface area contributed by atoms with E-state index in [1.54, 1.807) is 15.9 Å². The highest BCUT2D eigenvalue weighted by atomic mass is 16.5. The van der Waals surface area contributed by atoms with Gasteiger partial charge < -0.3 is 19.9 Å². The fourth-order valence-corrected chi connectivity index (χ4v) is 2.79. The van der Waals surface area contributed by atoms with Gasteiger partial charge in [0.05, 0.1) is 6.10 Å². The van der Waals surface area contributed by atoms with Gasteiger partial charge in [-0.15, -0.1) is 0 Å². The maximum Gasteiger partial charge on any atom is 0.272 e. The van der Waals surface area contributed by atoms with Crippen LogP contribution in [0.25, 0.3) is 0 Å². The highest BCUT2D eigenvalue weighted by molar-refractivity contribution is 5.93. The molecule has 124 valence electrons. The molecule has 2 saturated heterocycles. The normalized spacial score (nSPS) is 21.3. The summed E-state index contributed by atoms with van der Waals surface area (Å²) < 4.78 is 5.55. The molecule has 0 radical (unpaired) electrons. The molecular weight excluding hydrogens is 298 g/mol. The zero-order valence-corrected chi connectivity index (χ0v) is 13.0. The number of nitrogens with zero attached hydrogens (tertiary/aromatic N) is 4. The molecular formula is C15H21N5O3. The number of ether oxygens (including phenoxy) is 1. The van der Waals surface area contributed by atoms with Crippen molar-refractivity contribution in [2.75, 3.05) is 44.6 Å². The van der Waals surface area contributed by atoms with Crippen molar-refractivity contribution in [3.63, 3.8) is 0 Å². The number of aromatic nitrogens is 2. The molecule has 1 atom stereocenters. The quantitative estimate of drug-likeness (QED) is 0.768. The second kappa shape index (κ2) is 7.36. The molecule has 0 bridgehead atoms. The van der Waals surface area contributed by atoms with E-state index in [9.17, 15) is 9.59 Å². The van der Waals surface area contributed by atoms with Crippen LogP contribution < -0.4 is 5.32 Å². The predicted octanol–water partition coefficient (Wildman–Crippen LogP) is -0.0183. The van der Waals surface area contributed by atoms with E-state index in [-0.39, 0.29) is 12.0 Å². The molecule has 2 aliphatic heterocycles. The van der Waals surface area contributed by atoms with E-state index in [1.807, 2.05) is 0 Å². The van der Waals surface area contributed by atoms with Gasteiger partial charge in [-0.1, -0.05) is 0 Å². The Kier molecular flexibility index (Phi) is 5.02. The van der Waals surface area contributed by atoms with E-state index in [2.05, 4.69) is 15.3 Å². The van der Waals surface area contributed by atoms with Crippen molar-refractivity contribution in [2.24, 2.45) is 0 Å². The molecule has 2 aliphatic rings. The highest BCUT2D eigenvalue weighted by Crippen LogP contribution is 2.14. The molecule has 0 spiro atoms. The van der Waals surface area contributed by atoms with Gasteiger partial charge in [0.2, 0.25) is 6.41 Å². The topological polar surface area (TPSA) is 87.7 Å². The van der Waals surface area contributed by atoms with Gasteiger partial charge >= 0.3 is 0 Å². The maximum atomic E-state index is 12.5. The molecule has 0 saturated carbocycles. The zero-order chi connectivity index (χ0) is 16.1. The van der Waals surface area contributed by atoms with Crippen LogP contribution in [0.1, 0.15) is 23.3 Å². The fourth-order valence-electron chi connectivity index (χ4n) is 2.79. The van der Waals surface area contributed by atoms with Gasteiger partial charge in [0, 0.05) is 45.4 Å². The Balaban J connectivity index is 1.57. The van der Waals surface area contributed by atoms with Crippen molar-refractivity contribution in [3.05, 3.63) is 18.1 Å². The first-order valence-electron chi connectivity index (χ1n) is 7.92. The van der Waals surface area contributed by atoms with Gasteiger partial charge in [0.15, 0.2) is 0 Å². The number of carbonyl (C=O) groups excluding carboxylic acids is 2. The van der Waals surface area contributed by atoms with Gasteiger partial charge in [-0.25, -0.2) is 9.97 Å².